The minimum absolute atomic E-state index is 0.0694. The van der Waals surface area contributed by atoms with Crippen LogP contribution in [-0.4, -0.2) is 82.7 Å². The molecule has 0 aromatic heterocycles. The van der Waals surface area contributed by atoms with Crippen molar-refractivity contribution in [3.05, 3.63) is 30.3 Å². The molecule has 0 aliphatic heterocycles. The van der Waals surface area contributed by atoms with Gasteiger partial charge in [0, 0.05) is 19.6 Å². The van der Waals surface area contributed by atoms with Crippen molar-refractivity contribution in [1.29, 1.82) is 0 Å². The first-order valence-corrected chi connectivity index (χ1v) is 8.88. The molecule has 0 heterocycles. The lowest BCUT2D eigenvalue weighted by Gasteiger charge is -2.17. The highest BCUT2D eigenvalue weighted by molar-refractivity contribution is 7.46. The van der Waals surface area contributed by atoms with Crippen molar-refractivity contribution >= 4 is 7.82 Å². The molecule has 0 bridgehead atoms. The Morgan fingerprint density at radius 3 is 1.79 bits per heavy atom. The van der Waals surface area contributed by atoms with Crippen LogP contribution in [0.5, 0.6) is 5.75 Å². The zero-order chi connectivity index (χ0) is 18.3. The lowest BCUT2D eigenvalue weighted by Crippen LogP contribution is -2.32. The Morgan fingerprint density at radius 1 is 0.875 bits per heavy atom. The molecule has 0 unspecified atom stereocenters. The summed E-state index contributed by atoms with van der Waals surface area (Å²) in [5.74, 6) is 0.641. The number of nitrogens with zero attached hydrogens (tertiary/aromatic N) is 1. The lowest BCUT2D eigenvalue weighted by atomic mass is 10.3. The average molecular weight is 367 g/mol. The minimum atomic E-state index is -4.37. The molecule has 140 valence electrons. The molecule has 1 rings (SSSR count). The van der Waals surface area contributed by atoms with Crippen molar-refractivity contribution in [2.75, 3.05) is 52.7 Å². The van der Waals surface area contributed by atoms with Crippen LogP contribution in [0.1, 0.15) is 0 Å². The smallest absolute Gasteiger partial charge is 0.469 e. The number of benzene rings is 1. The van der Waals surface area contributed by atoms with Gasteiger partial charge in [0.05, 0.1) is 26.4 Å². The van der Waals surface area contributed by atoms with Crippen LogP contribution in [0.3, 0.4) is 0 Å². The molecule has 0 aliphatic rings. The zero-order valence-electron chi connectivity index (χ0n) is 13.4. The summed E-state index contributed by atoms with van der Waals surface area (Å²) in [6.45, 7) is 1.72. The van der Waals surface area contributed by atoms with Gasteiger partial charge in [0.15, 0.2) is 0 Å². The second-order valence-corrected chi connectivity index (χ2v) is 5.74. The predicted octanol–water partition coefficient (Wildman–Crippen LogP) is -0.560. The highest BCUT2D eigenvalue weighted by Crippen LogP contribution is 2.35. The van der Waals surface area contributed by atoms with E-state index in [0.717, 1.165) is 0 Å². The molecule has 5 N–H and O–H groups in total. The predicted molar refractivity (Wildman–Crippen MR) is 87.6 cm³/mol. The molecule has 0 aliphatic carbocycles. The molecular weight excluding hydrogens is 341 g/mol. The third-order valence-corrected chi connectivity index (χ3v) is 3.12. The van der Waals surface area contributed by atoms with Gasteiger partial charge in [0.1, 0.15) is 12.4 Å². The quantitative estimate of drug-likeness (QED) is 0.257. The number of hydrogen-bond donors (Lipinski definition) is 5. The van der Waals surface area contributed by atoms with Gasteiger partial charge in [-0.3, -0.25) is 9.42 Å². The van der Waals surface area contributed by atoms with Crippen LogP contribution in [-0.2, 0) is 9.09 Å². The molecule has 1 aromatic rings. The summed E-state index contributed by atoms with van der Waals surface area (Å²) in [7, 11) is -4.37. The first-order chi connectivity index (χ1) is 11.4. The molecule has 24 heavy (non-hydrogen) atoms. The summed E-state index contributed by atoms with van der Waals surface area (Å²) in [6.07, 6.45) is 0. The second-order valence-electron chi connectivity index (χ2n) is 4.50. The van der Waals surface area contributed by atoms with Gasteiger partial charge in [-0.25, -0.2) is 4.57 Å². The van der Waals surface area contributed by atoms with E-state index in [2.05, 4.69) is 4.52 Å². The maximum atomic E-state index is 10.3. The van der Waals surface area contributed by atoms with Crippen LogP contribution in [0, 0.1) is 0 Å². The Hall–Kier alpha value is -1.03. The first-order valence-electron chi connectivity index (χ1n) is 7.35. The Kier molecular flexibility index (Phi) is 13.7. The number of hydrogen-bond acceptors (Lipinski definition) is 7. The molecule has 0 amide bonds. The summed E-state index contributed by atoms with van der Waals surface area (Å²) >= 11 is 0. The average Bonchev–Trinajstić information content (AvgIpc) is 2.53. The van der Waals surface area contributed by atoms with E-state index >= 15 is 0 Å². The number of para-hydroxylation sites is 1. The summed E-state index contributed by atoms with van der Waals surface area (Å²) in [5, 5.41) is 25.5. The number of rotatable bonds is 11. The Balaban J connectivity index is 0.000000470. The number of ether oxygens (including phenoxy) is 1. The van der Waals surface area contributed by atoms with E-state index in [1.807, 2.05) is 6.07 Å². The van der Waals surface area contributed by atoms with E-state index in [1.165, 1.54) is 0 Å². The van der Waals surface area contributed by atoms with Gasteiger partial charge in [-0.15, -0.1) is 0 Å². The van der Waals surface area contributed by atoms with Gasteiger partial charge in [0.2, 0.25) is 0 Å². The van der Waals surface area contributed by atoms with Crippen molar-refractivity contribution in [2.45, 2.75) is 0 Å². The monoisotopic (exact) mass is 367 g/mol. The first kappa shape index (κ1) is 23.0. The SMILES string of the molecule is O=P(O)(O)OCCOc1ccccc1.OCCN(CCO)CCO. The zero-order valence-corrected chi connectivity index (χ0v) is 14.3. The largest absolute Gasteiger partial charge is 0.491 e. The number of aliphatic hydroxyl groups excluding tert-OH is 3. The van der Waals surface area contributed by atoms with Crippen LogP contribution < -0.4 is 4.74 Å². The third kappa shape index (κ3) is 14.6. The number of phosphoric acid groups is 1. The van der Waals surface area contributed by atoms with Crippen molar-refractivity contribution in [3.63, 3.8) is 0 Å². The van der Waals surface area contributed by atoms with E-state index in [-0.39, 0.29) is 33.0 Å². The molecule has 0 radical (unpaired) electrons. The summed E-state index contributed by atoms with van der Waals surface area (Å²) in [4.78, 5) is 18.5. The summed E-state index contributed by atoms with van der Waals surface area (Å²) < 4.78 is 19.6. The van der Waals surface area contributed by atoms with Crippen molar-refractivity contribution in [2.24, 2.45) is 0 Å². The Bertz CT molecular complexity index is 427. The van der Waals surface area contributed by atoms with E-state index in [0.29, 0.717) is 25.4 Å². The van der Waals surface area contributed by atoms with Crippen LogP contribution in [0.2, 0.25) is 0 Å². The van der Waals surface area contributed by atoms with Crippen molar-refractivity contribution in [3.8, 4) is 5.75 Å². The molecule has 10 heteroatoms. The normalized spacial score (nSPS) is 11.1. The Morgan fingerprint density at radius 2 is 1.38 bits per heavy atom. The van der Waals surface area contributed by atoms with Gasteiger partial charge >= 0.3 is 7.82 Å². The van der Waals surface area contributed by atoms with Crippen LogP contribution in [0.4, 0.5) is 0 Å². The molecule has 0 saturated carbocycles. The second kappa shape index (κ2) is 14.3. The molecule has 0 fully saturated rings. The van der Waals surface area contributed by atoms with Gasteiger partial charge in [-0.05, 0) is 12.1 Å². The van der Waals surface area contributed by atoms with E-state index in [4.69, 9.17) is 29.8 Å². The number of aliphatic hydroxyl groups is 3. The minimum Gasteiger partial charge on any atom is -0.491 e. The van der Waals surface area contributed by atoms with Crippen molar-refractivity contribution < 1.29 is 38.9 Å². The molecular formula is C14H26NO8P. The van der Waals surface area contributed by atoms with Crippen LogP contribution in [0.15, 0.2) is 30.3 Å². The highest BCUT2D eigenvalue weighted by Gasteiger charge is 2.12. The molecule has 0 atom stereocenters. The topological polar surface area (TPSA) is 140 Å². The Labute approximate surface area is 141 Å². The van der Waals surface area contributed by atoms with Gasteiger partial charge < -0.3 is 29.8 Å². The molecule has 0 spiro atoms. The summed E-state index contributed by atoms with van der Waals surface area (Å²) in [6, 6.07) is 8.95. The van der Waals surface area contributed by atoms with Crippen LogP contribution in [0.25, 0.3) is 0 Å². The fourth-order valence-electron chi connectivity index (χ4n) is 1.59. The molecule has 9 nitrogen and oxygen atoms in total. The molecule has 0 saturated heterocycles. The van der Waals surface area contributed by atoms with E-state index < -0.39 is 7.82 Å². The maximum absolute atomic E-state index is 10.3. The highest BCUT2D eigenvalue weighted by atomic mass is 31.2. The maximum Gasteiger partial charge on any atom is 0.469 e. The van der Waals surface area contributed by atoms with Gasteiger partial charge in [0.25, 0.3) is 0 Å². The van der Waals surface area contributed by atoms with Gasteiger partial charge in [-0.1, -0.05) is 18.2 Å². The van der Waals surface area contributed by atoms with Crippen molar-refractivity contribution in [1.82, 2.24) is 4.90 Å². The van der Waals surface area contributed by atoms with Crippen LogP contribution >= 0.6 is 7.82 Å². The standard InChI is InChI=1S/C8H11O5P.C6H15NO3/c9-14(10,11)13-7-6-12-8-4-2-1-3-5-8;8-4-1-7(2-5-9)3-6-10/h1-5H,6-7H2,(H2,9,10,11);8-10H,1-6H2. The van der Waals surface area contributed by atoms with E-state index in [1.54, 1.807) is 29.2 Å². The van der Waals surface area contributed by atoms with Gasteiger partial charge in [-0.2, -0.15) is 0 Å². The van der Waals surface area contributed by atoms with E-state index in [9.17, 15) is 4.57 Å². The number of phosphoric ester groups is 1. The third-order valence-electron chi connectivity index (χ3n) is 2.60. The fraction of sp³-hybridized carbons (Fsp3) is 0.571. The molecule has 1 aromatic carbocycles. The summed E-state index contributed by atoms with van der Waals surface area (Å²) in [5.41, 5.74) is 0. The lowest BCUT2D eigenvalue weighted by molar-refractivity contribution is 0.136. The fourth-order valence-corrected chi connectivity index (χ4v) is 1.90.